The molecule has 84 valence electrons. The molecule has 0 spiro atoms. The molecule has 0 aliphatic rings. The minimum absolute atomic E-state index is 0.388. The zero-order chi connectivity index (χ0) is 11.5. The number of hydrogen-bond acceptors (Lipinski definition) is 7. The van der Waals surface area contributed by atoms with Gasteiger partial charge in [-0.2, -0.15) is 0 Å². The molecular formula is C8H8BrN5S2. The quantitative estimate of drug-likeness (QED) is 0.514. The van der Waals surface area contributed by atoms with E-state index in [1.807, 2.05) is 12.3 Å². The third-order valence-electron chi connectivity index (χ3n) is 1.62. The van der Waals surface area contributed by atoms with E-state index < -0.39 is 0 Å². The predicted molar refractivity (Wildman–Crippen MR) is 68.5 cm³/mol. The molecule has 0 aliphatic heterocycles. The lowest BCUT2D eigenvalue weighted by Gasteiger charge is -2.02. The molecule has 2 rings (SSSR count). The number of nitrogens with one attached hydrogen (secondary N) is 1. The van der Waals surface area contributed by atoms with E-state index in [0.29, 0.717) is 5.95 Å². The van der Waals surface area contributed by atoms with Crippen molar-refractivity contribution in [1.29, 1.82) is 0 Å². The van der Waals surface area contributed by atoms with Crippen LogP contribution in [0.25, 0.3) is 0 Å². The van der Waals surface area contributed by atoms with Crippen molar-refractivity contribution >= 4 is 45.0 Å². The van der Waals surface area contributed by atoms with Crippen LogP contribution < -0.4 is 11.3 Å². The lowest BCUT2D eigenvalue weighted by atomic mass is 10.6. The summed E-state index contributed by atoms with van der Waals surface area (Å²) in [6.07, 6.45) is 1.66. The fraction of sp³-hybridized carbons (Fsp3) is 0.125. The molecule has 0 bridgehead atoms. The van der Waals surface area contributed by atoms with Crippen molar-refractivity contribution in [2.24, 2.45) is 5.84 Å². The van der Waals surface area contributed by atoms with Gasteiger partial charge < -0.3 is 0 Å². The first-order valence-electron chi connectivity index (χ1n) is 4.28. The maximum absolute atomic E-state index is 5.25. The molecule has 0 aromatic carbocycles. The first kappa shape index (κ1) is 11.8. The average Bonchev–Trinajstić information content (AvgIpc) is 2.67. The Balaban J connectivity index is 2.26. The highest BCUT2D eigenvalue weighted by molar-refractivity contribution is 9.10. The van der Waals surface area contributed by atoms with Crippen LogP contribution in [0.5, 0.6) is 0 Å². The SMILES string of the molecule is Cc1csc(Sc2nc(NN)ncc2Br)n1. The standard InChI is InChI=1S/C8H8BrN5S2/c1-4-3-15-8(12-4)16-6-5(9)2-11-7(13-6)14-10/h2-3H,10H2,1H3,(H,11,13,14). The number of nitrogens with two attached hydrogens (primary N) is 1. The van der Waals surface area contributed by atoms with Gasteiger partial charge in [-0.15, -0.1) is 11.3 Å². The maximum Gasteiger partial charge on any atom is 0.238 e. The van der Waals surface area contributed by atoms with E-state index in [2.05, 4.69) is 36.3 Å². The average molecular weight is 318 g/mol. The second kappa shape index (κ2) is 5.09. The molecule has 0 saturated heterocycles. The van der Waals surface area contributed by atoms with Crippen LogP contribution in [0.3, 0.4) is 0 Å². The highest BCUT2D eigenvalue weighted by Gasteiger charge is 2.08. The van der Waals surface area contributed by atoms with Gasteiger partial charge in [-0.1, -0.05) is 0 Å². The number of nitrogen functional groups attached to an aromatic ring is 1. The van der Waals surface area contributed by atoms with Gasteiger partial charge in [0.1, 0.15) is 5.03 Å². The highest BCUT2D eigenvalue weighted by Crippen LogP contribution is 2.33. The Morgan fingerprint density at radius 2 is 2.31 bits per heavy atom. The predicted octanol–water partition coefficient (Wildman–Crippen LogP) is 2.44. The zero-order valence-corrected chi connectivity index (χ0v) is 11.5. The van der Waals surface area contributed by atoms with Gasteiger partial charge in [0.05, 0.1) is 4.47 Å². The van der Waals surface area contributed by atoms with E-state index in [0.717, 1.165) is 19.5 Å². The van der Waals surface area contributed by atoms with Crippen LogP contribution in [-0.2, 0) is 0 Å². The van der Waals surface area contributed by atoms with Gasteiger partial charge in [0.2, 0.25) is 5.95 Å². The molecule has 2 aromatic rings. The van der Waals surface area contributed by atoms with E-state index >= 15 is 0 Å². The topological polar surface area (TPSA) is 76.7 Å². The third-order valence-corrected chi connectivity index (χ3v) is 4.53. The van der Waals surface area contributed by atoms with E-state index in [1.165, 1.54) is 11.8 Å². The normalized spacial score (nSPS) is 10.4. The third kappa shape index (κ3) is 2.70. The molecule has 5 nitrogen and oxygen atoms in total. The smallest absolute Gasteiger partial charge is 0.238 e. The lowest BCUT2D eigenvalue weighted by Crippen LogP contribution is -2.10. The van der Waals surface area contributed by atoms with Crippen molar-refractivity contribution in [2.45, 2.75) is 16.3 Å². The van der Waals surface area contributed by atoms with Gasteiger partial charge >= 0.3 is 0 Å². The molecule has 2 aromatic heterocycles. The molecule has 0 unspecified atom stereocenters. The summed E-state index contributed by atoms with van der Waals surface area (Å²) in [6, 6.07) is 0. The monoisotopic (exact) mass is 317 g/mol. The van der Waals surface area contributed by atoms with Gasteiger partial charge in [0.15, 0.2) is 4.34 Å². The number of aryl methyl sites for hydroxylation is 1. The Kier molecular flexibility index (Phi) is 3.74. The van der Waals surface area contributed by atoms with Crippen LogP contribution in [0.1, 0.15) is 5.69 Å². The van der Waals surface area contributed by atoms with Crippen LogP contribution in [0.15, 0.2) is 25.4 Å². The molecule has 2 heterocycles. The Bertz CT molecular complexity index is 501. The van der Waals surface area contributed by atoms with Crippen molar-refractivity contribution in [1.82, 2.24) is 15.0 Å². The number of hydrazine groups is 1. The van der Waals surface area contributed by atoms with E-state index in [1.54, 1.807) is 17.5 Å². The van der Waals surface area contributed by atoms with Gasteiger partial charge in [-0.05, 0) is 34.6 Å². The largest absolute Gasteiger partial charge is 0.292 e. The second-order valence-corrected chi connectivity index (χ2v) is 5.80. The number of halogens is 1. The van der Waals surface area contributed by atoms with Gasteiger partial charge in [-0.3, -0.25) is 5.43 Å². The van der Waals surface area contributed by atoms with Gasteiger partial charge in [-0.25, -0.2) is 20.8 Å². The van der Waals surface area contributed by atoms with Crippen LogP contribution in [-0.4, -0.2) is 15.0 Å². The molecule has 0 aliphatic carbocycles. The van der Waals surface area contributed by atoms with Crippen LogP contribution in [0, 0.1) is 6.92 Å². The van der Waals surface area contributed by atoms with E-state index in [-0.39, 0.29) is 0 Å². The molecule has 0 fully saturated rings. The van der Waals surface area contributed by atoms with Gasteiger partial charge in [0, 0.05) is 17.3 Å². The summed E-state index contributed by atoms with van der Waals surface area (Å²) in [5, 5.41) is 2.79. The summed E-state index contributed by atoms with van der Waals surface area (Å²) in [7, 11) is 0. The Morgan fingerprint density at radius 1 is 1.50 bits per heavy atom. The summed E-state index contributed by atoms with van der Waals surface area (Å²) in [5.74, 6) is 5.64. The molecule has 0 radical (unpaired) electrons. The van der Waals surface area contributed by atoms with E-state index in [9.17, 15) is 0 Å². The maximum atomic E-state index is 5.25. The summed E-state index contributed by atoms with van der Waals surface area (Å²) >= 11 is 6.45. The number of thiazole rings is 1. The number of aromatic nitrogens is 3. The Hall–Kier alpha value is -0.700. The molecule has 16 heavy (non-hydrogen) atoms. The zero-order valence-electron chi connectivity index (χ0n) is 8.27. The summed E-state index contributed by atoms with van der Waals surface area (Å²) < 4.78 is 1.77. The summed E-state index contributed by atoms with van der Waals surface area (Å²) in [4.78, 5) is 12.6. The van der Waals surface area contributed by atoms with Crippen molar-refractivity contribution in [3.05, 3.63) is 21.7 Å². The second-order valence-electron chi connectivity index (χ2n) is 2.85. The number of anilines is 1. The first-order chi connectivity index (χ1) is 7.69. The molecule has 3 N–H and O–H groups in total. The molecular weight excluding hydrogens is 310 g/mol. The minimum atomic E-state index is 0.388. The molecule has 0 amide bonds. The van der Waals surface area contributed by atoms with Crippen LogP contribution >= 0.6 is 39.0 Å². The van der Waals surface area contributed by atoms with Crippen molar-refractivity contribution in [2.75, 3.05) is 5.43 Å². The van der Waals surface area contributed by atoms with Crippen molar-refractivity contribution in [3.63, 3.8) is 0 Å². The Labute approximate surface area is 109 Å². The fourth-order valence-corrected chi connectivity index (χ4v) is 3.12. The van der Waals surface area contributed by atoms with Crippen LogP contribution in [0.4, 0.5) is 5.95 Å². The highest BCUT2D eigenvalue weighted by atomic mass is 79.9. The lowest BCUT2D eigenvalue weighted by molar-refractivity contribution is 1.01. The molecule has 0 atom stereocenters. The minimum Gasteiger partial charge on any atom is -0.292 e. The van der Waals surface area contributed by atoms with Crippen molar-refractivity contribution in [3.8, 4) is 0 Å². The van der Waals surface area contributed by atoms with Crippen molar-refractivity contribution < 1.29 is 0 Å². The molecule has 0 saturated carbocycles. The first-order valence-corrected chi connectivity index (χ1v) is 6.77. The Morgan fingerprint density at radius 3 is 2.94 bits per heavy atom. The number of hydrogen-bond donors (Lipinski definition) is 2. The molecule has 8 heteroatoms. The fourth-order valence-electron chi connectivity index (χ4n) is 0.955. The van der Waals surface area contributed by atoms with E-state index in [4.69, 9.17) is 5.84 Å². The van der Waals surface area contributed by atoms with Crippen LogP contribution in [0.2, 0.25) is 0 Å². The van der Waals surface area contributed by atoms with Gasteiger partial charge in [0.25, 0.3) is 0 Å². The number of rotatable bonds is 3. The number of nitrogens with zero attached hydrogens (tertiary/aromatic N) is 3. The summed E-state index contributed by atoms with van der Waals surface area (Å²) in [5.41, 5.74) is 3.42. The summed E-state index contributed by atoms with van der Waals surface area (Å²) in [6.45, 7) is 1.96.